The first-order valence-corrected chi connectivity index (χ1v) is 12.6. The number of esters is 1. The van der Waals surface area contributed by atoms with E-state index in [9.17, 15) is 26.4 Å². The molecule has 2 aromatic rings. The molecule has 0 aliphatic rings. The van der Waals surface area contributed by atoms with E-state index in [1.54, 1.807) is 4.72 Å². The Bertz CT molecular complexity index is 1270. The van der Waals surface area contributed by atoms with E-state index in [0.717, 1.165) is 29.8 Å². The molecule has 0 saturated heterocycles. The molecule has 14 nitrogen and oxygen atoms in total. The smallest absolute Gasteiger partial charge is 0.339 e. The number of anilines is 1. The Morgan fingerprint density at radius 2 is 1.59 bits per heavy atom. The molecule has 1 heterocycles. The Balaban J connectivity index is 2.38. The van der Waals surface area contributed by atoms with Crippen LogP contribution in [0.15, 0.2) is 29.2 Å². The lowest BCUT2D eigenvalue weighted by Crippen LogP contribution is -2.36. The van der Waals surface area contributed by atoms with E-state index in [1.807, 2.05) is 0 Å². The van der Waals surface area contributed by atoms with E-state index >= 15 is 0 Å². The van der Waals surface area contributed by atoms with Crippen molar-refractivity contribution in [3.63, 3.8) is 0 Å². The van der Waals surface area contributed by atoms with Crippen molar-refractivity contribution in [2.45, 2.75) is 11.4 Å². The lowest BCUT2D eigenvalue weighted by atomic mass is 10.1. The van der Waals surface area contributed by atoms with Gasteiger partial charge in [-0.15, -0.1) is 0 Å². The second-order valence-corrected chi connectivity index (χ2v) is 10.4. The second-order valence-electron chi connectivity index (χ2n) is 6.68. The number of hydrogen-bond acceptors (Lipinski definition) is 11. The Labute approximate surface area is 196 Å². The van der Waals surface area contributed by atoms with Crippen LogP contribution in [0.3, 0.4) is 0 Å². The molecule has 0 bridgehead atoms. The normalized spacial score (nSPS) is 11.6. The molecular weight excluding hydrogens is 494 g/mol. The molecule has 186 valence electrons. The van der Waals surface area contributed by atoms with Gasteiger partial charge in [-0.1, -0.05) is 6.07 Å². The Hall–Kier alpha value is -3.50. The summed E-state index contributed by atoms with van der Waals surface area (Å²) in [5.41, 5.74) is -0.130. The summed E-state index contributed by atoms with van der Waals surface area (Å²) in [4.78, 5) is 31.6. The number of rotatable bonds is 9. The van der Waals surface area contributed by atoms with Crippen molar-refractivity contribution in [2.24, 2.45) is 0 Å². The van der Waals surface area contributed by atoms with E-state index in [4.69, 9.17) is 9.47 Å². The number of aromatic nitrogens is 2. The van der Waals surface area contributed by atoms with Crippen molar-refractivity contribution in [1.82, 2.24) is 19.0 Å². The molecule has 16 heteroatoms. The van der Waals surface area contributed by atoms with Crippen molar-refractivity contribution >= 4 is 38.0 Å². The van der Waals surface area contributed by atoms with Crippen LogP contribution in [0.25, 0.3) is 0 Å². The molecule has 0 fully saturated rings. The molecule has 34 heavy (non-hydrogen) atoms. The minimum absolute atomic E-state index is 0.0423. The van der Waals surface area contributed by atoms with Crippen LogP contribution in [0.2, 0.25) is 0 Å². The fourth-order valence-corrected chi connectivity index (χ4v) is 4.05. The molecule has 0 radical (unpaired) electrons. The number of ether oxygens (including phenoxy) is 3. The van der Waals surface area contributed by atoms with Crippen LogP contribution in [0.5, 0.6) is 11.8 Å². The topological polar surface area (TPSA) is 183 Å². The SMILES string of the molecule is COC(=O)c1ccc(CN(C)S(C)(=O)=O)cc1S(=O)(=O)NC(=O)Nc1nc(OC)cc(OC)n1. The highest BCUT2D eigenvalue weighted by Crippen LogP contribution is 2.21. The van der Waals surface area contributed by atoms with Crippen molar-refractivity contribution < 1.29 is 40.6 Å². The van der Waals surface area contributed by atoms with E-state index in [1.165, 1.54) is 33.4 Å². The lowest BCUT2D eigenvalue weighted by molar-refractivity contribution is 0.0596. The summed E-state index contributed by atoms with van der Waals surface area (Å²) in [6.07, 6.45) is 0.981. The quantitative estimate of drug-likeness (QED) is 0.433. The van der Waals surface area contributed by atoms with Crippen LogP contribution >= 0.6 is 0 Å². The van der Waals surface area contributed by atoms with E-state index in [2.05, 4.69) is 20.0 Å². The molecular formula is C18H23N5O9S2. The van der Waals surface area contributed by atoms with Gasteiger partial charge in [0.15, 0.2) is 0 Å². The lowest BCUT2D eigenvalue weighted by Gasteiger charge is -2.16. The Morgan fingerprint density at radius 3 is 2.09 bits per heavy atom. The van der Waals surface area contributed by atoms with E-state index in [-0.39, 0.29) is 35.4 Å². The molecule has 0 saturated carbocycles. The maximum atomic E-state index is 13.0. The largest absolute Gasteiger partial charge is 0.481 e. The highest BCUT2D eigenvalue weighted by atomic mass is 32.2. The van der Waals surface area contributed by atoms with Crippen LogP contribution in [0.4, 0.5) is 10.7 Å². The number of methoxy groups -OCH3 is 3. The van der Waals surface area contributed by atoms with Crippen LogP contribution < -0.4 is 19.5 Å². The van der Waals surface area contributed by atoms with Gasteiger partial charge in [0.05, 0.1) is 39.2 Å². The van der Waals surface area contributed by atoms with E-state index in [0.29, 0.717) is 0 Å². The van der Waals surface area contributed by atoms with Gasteiger partial charge in [0.2, 0.25) is 27.7 Å². The second kappa shape index (κ2) is 10.6. The van der Waals surface area contributed by atoms with Gasteiger partial charge in [-0.3, -0.25) is 5.32 Å². The van der Waals surface area contributed by atoms with Crippen molar-refractivity contribution in [1.29, 1.82) is 0 Å². The zero-order valence-electron chi connectivity index (χ0n) is 18.8. The molecule has 0 aliphatic carbocycles. The summed E-state index contributed by atoms with van der Waals surface area (Å²) in [5.74, 6) is -1.22. The number of hydrogen-bond donors (Lipinski definition) is 2. The fraction of sp³-hybridized carbons (Fsp3) is 0.333. The number of urea groups is 1. The first-order chi connectivity index (χ1) is 15.8. The zero-order valence-corrected chi connectivity index (χ0v) is 20.5. The number of carbonyl (C=O) groups is 2. The van der Waals surface area contributed by atoms with Crippen molar-refractivity contribution in [3.05, 3.63) is 35.4 Å². The summed E-state index contributed by atoms with van der Waals surface area (Å²) >= 11 is 0. The predicted molar refractivity (Wildman–Crippen MR) is 119 cm³/mol. The van der Waals surface area contributed by atoms with E-state index < -0.39 is 36.9 Å². The van der Waals surface area contributed by atoms with Crippen molar-refractivity contribution in [3.8, 4) is 11.8 Å². The first kappa shape index (κ1) is 26.7. The maximum Gasteiger partial charge on any atom is 0.339 e. The number of carbonyl (C=O) groups excluding carboxylic acids is 2. The zero-order chi connectivity index (χ0) is 25.7. The molecule has 2 amide bonds. The molecule has 0 spiro atoms. The third-order valence-corrected chi connectivity index (χ3v) is 6.89. The molecule has 1 aromatic heterocycles. The number of nitrogens with one attached hydrogen (secondary N) is 2. The number of nitrogens with zero attached hydrogens (tertiary/aromatic N) is 3. The van der Waals surface area contributed by atoms with Crippen LogP contribution in [0, 0.1) is 0 Å². The van der Waals surface area contributed by atoms with Gasteiger partial charge in [0, 0.05) is 13.6 Å². The highest BCUT2D eigenvalue weighted by molar-refractivity contribution is 7.90. The summed E-state index contributed by atoms with van der Waals surface area (Å²) in [7, 11) is -3.22. The number of sulfonamides is 2. The third kappa shape index (κ3) is 6.75. The fourth-order valence-electron chi connectivity index (χ4n) is 2.51. The van der Waals surface area contributed by atoms with Crippen LogP contribution in [-0.2, 0) is 31.3 Å². The minimum Gasteiger partial charge on any atom is -0.481 e. The molecule has 2 N–H and O–H groups in total. The summed E-state index contributed by atoms with van der Waals surface area (Å²) in [6.45, 7) is -0.188. The standard InChI is InChI=1S/C18H23N5O9S2/c1-23(33(5,26)27)10-11-6-7-12(16(24)32-4)13(8-11)34(28,29)22-18(25)21-17-19-14(30-2)9-15(20-17)31-3/h6-9H,10H2,1-5H3,(H2,19,20,21,22,25). The summed E-state index contributed by atoms with van der Waals surface area (Å²) in [6, 6.07) is 3.67. The maximum absolute atomic E-state index is 13.0. The highest BCUT2D eigenvalue weighted by Gasteiger charge is 2.27. The molecule has 1 aromatic carbocycles. The number of benzene rings is 1. The number of amides is 2. The Morgan fingerprint density at radius 1 is 1.00 bits per heavy atom. The average Bonchev–Trinajstić information content (AvgIpc) is 2.76. The van der Waals surface area contributed by atoms with Gasteiger partial charge in [0.25, 0.3) is 10.0 Å². The van der Waals surface area contributed by atoms with Crippen molar-refractivity contribution in [2.75, 3.05) is 39.9 Å². The molecule has 0 aliphatic heterocycles. The molecule has 2 rings (SSSR count). The first-order valence-electron chi connectivity index (χ1n) is 9.24. The third-order valence-electron chi connectivity index (χ3n) is 4.26. The Kier molecular flexibility index (Phi) is 8.36. The molecule has 0 unspecified atom stereocenters. The van der Waals surface area contributed by atoms with Gasteiger partial charge in [-0.25, -0.2) is 35.5 Å². The average molecular weight is 518 g/mol. The minimum atomic E-state index is -4.64. The predicted octanol–water partition coefficient (Wildman–Crippen LogP) is 0.182. The van der Waals surface area contributed by atoms with Gasteiger partial charge in [-0.05, 0) is 17.7 Å². The summed E-state index contributed by atoms with van der Waals surface area (Å²) < 4.78 is 66.5. The van der Waals surface area contributed by atoms with Gasteiger partial charge in [0.1, 0.15) is 4.90 Å². The summed E-state index contributed by atoms with van der Waals surface area (Å²) in [5, 5.41) is 2.13. The molecule has 0 atom stereocenters. The van der Waals surface area contributed by atoms with Gasteiger partial charge in [-0.2, -0.15) is 9.97 Å². The van der Waals surface area contributed by atoms with Crippen LogP contribution in [-0.4, -0.2) is 77.7 Å². The van der Waals surface area contributed by atoms with Gasteiger partial charge >= 0.3 is 12.0 Å². The van der Waals surface area contributed by atoms with Crippen LogP contribution in [0.1, 0.15) is 15.9 Å². The monoisotopic (exact) mass is 517 g/mol. The van der Waals surface area contributed by atoms with Gasteiger partial charge < -0.3 is 14.2 Å².